The van der Waals surface area contributed by atoms with Gasteiger partial charge in [0.25, 0.3) is 6.43 Å². The molecule has 0 aliphatic heterocycles. The van der Waals surface area contributed by atoms with E-state index in [1.165, 1.54) is 0 Å². The highest BCUT2D eigenvalue weighted by Gasteiger charge is 2.16. The van der Waals surface area contributed by atoms with Gasteiger partial charge in [-0.3, -0.25) is 4.79 Å². The Bertz CT molecular complexity index is 469. The molecule has 6 heteroatoms. The summed E-state index contributed by atoms with van der Waals surface area (Å²) in [6.07, 6.45) is -3.07. The number of carboxylic acid groups (broad SMARTS) is 1. The number of benzene rings is 1. The number of hydrogen-bond acceptors (Lipinski definition) is 2. The molecule has 0 heterocycles. The summed E-state index contributed by atoms with van der Waals surface area (Å²) in [7, 11) is 0. The van der Waals surface area contributed by atoms with E-state index in [0.29, 0.717) is 0 Å². The van der Waals surface area contributed by atoms with Gasteiger partial charge in [0.1, 0.15) is 0 Å². The van der Waals surface area contributed by atoms with E-state index in [0.717, 1.165) is 12.1 Å². The maximum atomic E-state index is 12.4. The van der Waals surface area contributed by atoms with E-state index in [2.05, 4.69) is 15.9 Å². The van der Waals surface area contributed by atoms with Gasteiger partial charge in [-0.25, -0.2) is 8.78 Å². The number of rotatable bonds is 3. The van der Waals surface area contributed by atoms with Crippen LogP contribution in [0.2, 0.25) is 0 Å². The minimum absolute atomic E-state index is 0.0490. The molecule has 0 unspecified atom stereocenters. The molecule has 1 aromatic carbocycles. The van der Waals surface area contributed by atoms with Crippen LogP contribution in [0.5, 0.6) is 0 Å². The second-order valence-corrected chi connectivity index (χ2v) is 3.87. The summed E-state index contributed by atoms with van der Waals surface area (Å²) >= 11 is 2.99. The molecule has 0 aromatic heterocycles. The largest absolute Gasteiger partial charge is 0.481 e. The van der Waals surface area contributed by atoms with Crippen molar-refractivity contribution in [2.24, 2.45) is 0 Å². The van der Waals surface area contributed by atoms with Crippen molar-refractivity contribution in [3.05, 3.63) is 33.3 Å². The fraction of sp³-hybridized carbons (Fsp3) is 0.200. The van der Waals surface area contributed by atoms with Crippen molar-refractivity contribution >= 4 is 21.9 Å². The zero-order chi connectivity index (χ0) is 12.3. The smallest absolute Gasteiger partial charge is 0.307 e. The predicted molar refractivity (Wildman–Crippen MR) is 55.2 cm³/mol. The van der Waals surface area contributed by atoms with Crippen LogP contribution in [0.15, 0.2) is 16.6 Å². The second kappa shape index (κ2) is 5.03. The van der Waals surface area contributed by atoms with Crippen LogP contribution in [0.25, 0.3) is 0 Å². The van der Waals surface area contributed by atoms with Gasteiger partial charge in [-0.15, -0.1) is 0 Å². The first-order valence-electron chi connectivity index (χ1n) is 4.18. The average molecular weight is 290 g/mol. The van der Waals surface area contributed by atoms with Crippen molar-refractivity contribution in [1.29, 1.82) is 5.26 Å². The van der Waals surface area contributed by atoms with Crippen LogP contribution >= 0.6 is 15.9 Å². The van der Waals surface area contributed by atoms with Crippen molar-refractivity contribution < 1.29 is 18.7 Å². The molecule has 0 saturated carbocycles. The first-order chi connectivity index (χ1) is 7.45. The van der Waals surface area contributed by atoms with E-state index in [9.17, 15) is 13.6 Å². The lowest BCUT2D eigenvalue weighted by Crippen LogP contribution is -2.04. The molecule has 0 saturated heterocycles. The van der Waals surface area contributed by atoms with Gasteiger partial charge in [-0.1, -0.05) is 15.9 Å². The number of carbonyl (C=O) groups is 1. The summed E-state index contributed by atoms with van der Waals surface area (Å²) in [6.45, 7) is 0. The van der Waals surface area contributed by atoms with Crippen molar-refractivity contribution in [3.63, 3.8) is 0 Å². The van der Waals surface area contributed by atoms with Gasteiger partial charge in [0.15, 0.2) is 0 Å². The second-order valence-electron chi connectivity index (χ2n) is 3.01. The molecule has 1 rings (SSSR count). The molecule has 0 spiro atoms. The number of nitrogens with zero attached hydrogens (tertiary/aromatic N) is 1. The molecule has 0 bridgehead atoms. The van der Waals surface area contributed by atoms with Crippen LogP contribution in [-0.2, 0) is 11.2 Å². The Hall–Kier alpha value is -1.48. The van der Waals surface area contributed by atoms with E-state index in [4.69, 9.17) is 10.4 Å². The molecule has 0 radical (unpaired) electrons. The normalized spacial score (nSPS) is 10.2. The standard InChI is InChI=1S/C10H6BrF2NO2/c11-8-2-5(10(12)13)1-6(4-14)7(8)3-9(15)16/h1-2,10H,3H2,(H,15,16). The maximum Gasteiger partial charge on any atom is 0.307 e. The first-order valence-corrected chi connectivity index (χ1v) is 4.97. The number of alkyl halides is 2. The van der Waals surface area contributed by atoms with E-state index >= 15 is 0 Å². The van der Waals surface area contributed by atoms with Crippen LogP contribution in [0, 0.1) is 11.3 Å². The third-order valence-electron chi connectivity index (χ3n) is 1.92. The quantitative estimate of drug-likeness (QED) is 0.931. The van der Waals surface area contributed by atoms with Gasteiger partial charge in [-0.2, -0.15) is 5.26 Å². The lowest BCUT2D eigenvalue weighted by atomic mass is 10.0. The summed E-state index contributed by atoms with van der Waals surface area (Å²) in [5, 5.41) is 17.4. The molecular weight excluding hydrogens is 284 g/mol. The van der Waals surface area contributed by atoms with Gasteiger partial charge >= 0.3 is 5.97 Å². The third-order valence-corrected chi connectivity index (χ3v) is 2.63. The highest BCUT2D eigenvalue weighted by Crippen LogP contribution is 2.28. The zero-order valence-corrected chi connectivity index (χ0v) is 9.46. The molecule has 3 nitrogen and oxygen atoms in total. The minimum atomic E-state index is -2.69. The van der Waals surface area contributed by atoms with E-state index in [-0.39, 0.29) is 27.6 Å². The Balaban J connectivity index is 3.30. The van der Waals surface area contributed by atoms with Gasteiger partial charge < -0.3 is 5.11 Å². The Kier molecular flexibility index (Phi) is 3.96. The van der Waals surface area contributed by atoms with Crippen LogP contribution in [-0.4, -0.2) is 11.1 Å². The maximum absolute atomic E-state index is 12.4. The lowest BCUT2D eigenvalue weighted by Gasteiger charge is -2.07. The molecule has 0 aliphatic carbocycles. The summed E-state index contributed by atoms with van der Waals surface area (Å²) in [6, 6.07) is 3.85. The average Bonchev–Trinajstić information content (AvgIpc) is 2.19. The zero-order valence-electron chi connectivity index (χ0n) is 7.88. The number of nitriles is 1. The van der Waals surface area contributed by atoms with Crippen molar-refractivity contribution in [1.82, 2.24) is 0 Å². The molecular formula is C10H6BrF2NO2. The fourth-order valence-corrected chi connectivity index (χ4v) is 1.83. The third kappa shape index (κ3) is 2.76. The topological polar surface area (TPSA) is 61.1 Å². The summed E-state index contributed by atoms with van der Waals surface area (Å²) < 4.78 is 25.0. The number of carboxylic acids is 1. The Labute approximate surface area is 98.4 Å². The van der Waals surface area contributed by atoms with Gasteiger partial charge in [-0.05, 0) is 17.7 Å². The molecule has 0 fully saturated rings. The molecule has 1 N–H and O–H groups in total. The van der Waals surface area contributed by atoms with E-state index < -0.39 is 12.4 Å². The van der Waals surface area contributed by atoms with E-state index in [1.807, 2.05) is 0 Å². The molecule has 16 heavy (non-hydrogen) atoms. The number of hydrogen-bond donors (Lipinski definition) is 1. The summed E-state index contributed by atoms with van der Waals surface area (Å²) in [4.78, 5) is 10.5. The molecule has 84 valence electrons. The van der Waals surface area contributed by atoms with Crippen molar-refractivity contribution in [2.75, 3.05) is 0 Å². The lowest BCUT2D eigenvalue weighted by molar-refractivity contribution is -0.136. The van der Waals surface area contributed by atoms with Crippen LogP contribution in [0.1, 0.15) is 23.1 Å². The Morgan fingerprint density at radius 2 is 2.19 bits per heavy atom. The highest BCUT2D eigenvalue weighted by atomic mass is 79.9. The van der Waals surface area contributed by atoms with Gasteiger partial charge in [0.05, 0.1) is 18.1 Å². The fourth-order valence-electron chi connectivity index (χ4n) is 1.21. The molecule has 0 aliphatic rings. The molecule has 0 atom stereocenters. The van der Waals surface area contributed by atoms with Crippen LogP contribution < -0.4 is 0 Å². The molecule has 0 amide bonds. The van der Waals surface area contributed by atoms with Crippen molar-refractivity contribution in [2.45, 2.75) is 12.8 Å². The summed E-state index contributed by atoms with van der Waals surface area (Å²) in [5.41, 5.74) is -0.149. The minimum Gasteiger partial charge on any atom is -0.481 e. The number of aliphatic carboxylic acids is 1. The Morgan fingerprint density at radius 3 is 2.62 bits per heavy atom. The van der Waals surface area contributed by atoms with Gasteiger partial charge in [0, 0.05) is 10.0 Å². The predicted octanol–water partition coefficient (Wildman–Crippen LogP) is 2.89. The SMILES string of the molecule is N#Cc1cc(C(F)F)cc(Br)c1CC(=O)O. The molecule has 1 aromatic rings. The van der Waals surface area contributed by atoms with E-state index in [1.54, 1.807) is 6.07 Å². The van der Waals surface area contributed by atoms with Gasteiger partial charge in [0.2, 0.25) is 0 Å². The monoisotopic (exact) mass is 289 g/mol. The van der Waals surface area contributed by atoms with Crippen LogP contribution in [0.3, 0.4) is 0 Å². The number of halogens is 3. The van der Waals surface area contributed by atoms with Crippen molar-refractivity contribution in [3.8, 4) is 6.07 Å². The Morgan fingerprint density at radius 1 is 1.56 bits per heavy atom. The summed E-state index contributed by atoms with van der Waals surface area (Å²) in [5.74, 6) is -1.12. The van der Waals surface area contributed by atoms with Crippen LogP contribution in [0.4, 0.5) is 8.78 Å². The highest BCUT2D eigenvalue weighted by molar-refractivity contribution is 9.10. The first kappa shape index (κ1) is 12.6.